The highest BCUT2D eigenvalue weighted by atomic mass is 79.9. The molecule has 23 heavy (non-hydrogen) atoms. The van der Waals surface area contributed by atoms with Gasteiger partial charge in [0, 0.05) is 23.6 Å². The number of benzene rings is 1. The van der Waals surface area contributed by atoms with Gasteiger partial charge in [-0.05, 0) is 44.0 Å². The molecule has 0 saturated carbocycles. The van der Waals surface area contributed by atoms with Gasteiger partial charge in [0.1, 0.15) is 0 Å². The van der Waals surface area contributed by atoms with Gasteiger partial charge in [-0.25, -0.2) is 8.42 Å². The summed E-state index contributed by atoms with van der Waals surface area (Å²) in [6.07, 6.45) is 1.29. The maximum atomic E-state index is 12.7. The highest BCUT2D eigenvalue weighted by molar-refractivity contribution is 9.10. The standard InChI is InChI=1S/C15H21BrN2O4S/c1-11(10-19)17-15(20)12-3-2-8-18(9-12)23(21,22)14-6-4-13(16)5-7-14/h4-7,11-12,19H,2-3,8-10H2,1H3,(H,17,20). The molecule has 0 radical (unpaired) electrons. The molecule has 8 heteroatoms. The summed E-state index contributed by atoms with van der Waals surface area (Å²) in [6.45, 7) is 2.15. The average Bonchev–Trinajstić information content (AvgIpc) is 2.55. The summed E-state index contributed by atoms with van der Waals surface area (Å²) in [5, 5.41) is 11.7. The Balaban J connectivity index is 2.11. The topological polar surface area (TPSA) is 86.7 Å². The molecule has 0 aromatic heterocycles. The molecule has 2 N–H and O–H groups in total. The van der Waals surface area contributed by atoms with Crippen LogP contribution in [0.25, 0.3) is 0 Å². The molecule has 1 aromatic carbocycles. The first kappa shape index (κ1) is 18.4. The van der Waals surface area contributed by atoms with Gasteiger partial charge in [0.15, 0.2) is 0 Å². The first-order valence-electron chi connectivity index (χ1n) is 7.51. The van der Waals surface area contributed by atoms with E-state index in [0.717, 1.165) is 4.47 Å². The van der Waals surface area contributed by atoms with Crippen molar-refractivity contribution >= 4 is 31.9 Å². The summed E-state index contributed by atoms with van der Waals surface area (Å²) in [7, 11) is -3.60. The van der Waals surface area contributed by atoms with E-state index in [1.54, 1.807) is 31.2 Å². The molecule has 6 nitrogen and oxygen atoms in total. The largest absolute Gasteiger partial charge is 0.394 e. The zero-order chi connectivity index (χ0) is 17.0. The Morgan fingerprint density at radius 3 is 2.70 bits per heavy atom. The number of nitrogens with zero attached hydrogens (tertiary/aromatic N) is 1. The van der Waals surface area contributed by atoms with Gasteiger partial charge in [-0.2, -0.15) is 4.31 Å². The Morgan fingerprint density at radius 2 is 2.09 bits per heavy atom. The number of carbonyl (C=O) groups excluding carboxylic acids is 1. The minimum atomic E-state index is -3.60. The van der Waals surface area contributed by atoms with Crippen molar-refractivity contribution in [2.45, 2.75) is 30.7 Å². The Bertz CT molecular complexity index is 648. The molecule has 1 amide bonds. The number of carbonyl (C=O) groups is 1. The van der Waals surface area contributed by atoms with E-state index < -0.39 is 10.0 Å². The predicted molar refractivity (Wildman–Crippen MR) is 90.3 cm³/mol. The molecule has 1 saturated heterocycles. The third-order valence-electron chi connectivity index (χ3n) is 3.87. The lowest BCUT2D eigenvalue weighted by Crippen LogP contribution is -2.47. The van der Waals surface area contributed by atoms with Crippen LogP contribution in [0, 0.1) is 5.92 Å². The lowest BCUT2D eigenvalue weighted by molar-refractivity contribution is -0.127. The number of hydrogen-bond donors (Lipinski definition) is 2. The number of sulfonamides is 1. The third kappa shape index (κ3) is 4.53. The zero-order valence-electron chi connectivity index (χ0n) is 12.9. The van der Waals surface area contributed by atoms with Crippen LogP contribution in [0.1, 0.15) is 19.8 Å². The monoisotopic (exact) mass is 404 g/mol. The van der Waals surface area contributed by atoms with E-state index in [0.29, 0.717) is 19.4 Å². The fraction of sp³-hybridized carbons (Fsp3) is 0.533. The lowest BCUT2D eigenvalue weighted by Gasteiger charge is -2.31. The van der Waals surface area contributed by atoms with E-state index in [2.05, 4.69) is 21.2 Å². The van der Waals surface area contributed by atoms with Crippen molar-refractivity contribution in [3.63, 3.8) is 0 Å². The minimum Gasteiger partial charge on any atom is -0.394 e. The molecular weight excluding hydrogens is 384 g/mol. The van der Waals surface area contributed by atoms with Crippen LogP contribution in [0.5, 0.6) is 0 Å². The molecule has 0 spiro atoms. The van der Waals surface area contributed by atoms with Crippen molar-refractivity contribution in [3.05, 3.63) is 28.7 Å². The molecule has 1 fully saturated rings. The van der Waals surface area contributed by atoms with Crippen molar-refractivity contribution in [2.75, 3.05) is 19.7 Å². The van der Waals surface area contributed by atoms with E-state index >= 15 is 0 Å². The first-order valence-corrected chi connectivity index (χ1v) is 9.75. The predicted octanol–water partition coefficient (Wildman–Crippen LogP) is 1.35. The molecule has 0 bridgehead atoms. The number of rotatable bonds is 5. The summed E-state index contributed by atoms with van der Waals surface area (Å²) < 4.78 is 27.5. The molecule has 2 atom stereocenters. The number of piperidine rings is 1. The number of aliphatic hydroxyl groups excluding tert-OH is 1. The van der Waals surface area contributed by atoms with Crippen LogP contribution in [0.4, 0.5) is 0 Å². The quantitative estimate of drug-likeness (QED) is 0.775. The number of hydrogen-bond acceptors (Lipinski definition) is 4. The number of aliphatic hydroxyl groups is 1. The first-order chi connectivity index (χ1) is 10.8. The fourth-order valence-electron chi connectivity index (χ4n) is 2.54. The molecule has 0 aliphatic carbocycles. The molecule has 1 aliphatic heterocycles. The van der Waals surface area contributed by atoms with E-state index in [1.165, 1.54) is 4.31 Å². The Kier molecular flexibility index (Phi) is 6.19. The average molecular weight is 405 g/mol. The normalized spacial score (nSPS) is 20.9. The van der Waals surface area contributed by atoms with Gasteiger partial charge in [0.05, 0.1) is 17.4 Å². The number of nitrogens with one attached hydrogen (secondary N) is 1. The van der Waals surface area contributed by atoms with Crippen molar-refractivity contribution in [1.29, 1.82) is 0 Å². The van der Waals surface area contributed by atoms with Gasteiger partial charge in [-0.1, -0.05) is 15.9 Å². The van der Waals surface area contributed by atoms with Gasteiger partial charge in [-0.15, -0.1) is 0 Å². The van der Waals surface area contributed by atoms with Gasteiger partial charge in [0.2, 0.25) is 15.9 Å². The smallest absolute Gasteiger partial charge is 0.243 e. The summed E-state index contributed by atoms with van der Waals surface area (Å²) in [4.78, 5) is 12.4. The second-order valence-corrected chi connectivity index (χ2v) is 8.60. The van der Waals surface area contributed by atoms with Crippen LogP contribution in [0.15, 0.2) is 33.6 Å². The molecule has 2 unspecified atom stereocenters. The van der Waals surface area contributed by atoms with Gasteiger partial charge in [-0.3, -0.25) is 4.79 Å². The lowest BCUT2D eigenvalue weighted by atomic mass is 9.98. The van der Waals surface area contributed by atoms with Crippen LogP contribution < -0.4 is 5.32 Å². The highest BCUT2D eigenvalue weighted by Crippen LogP contribution is 2.25. The molecule has 1 aliphatic rings. The second kappa shape index (κ2) is 7.74. The van der Waals surface area contributed by atoms with E-state index in [4.69, 9.17) is 5.11 Å². The molecule has 1 aromatic rings. The fourth-order valence-corrected chi connectivity index (χ4v) is 4.32. The van der Waals surface area contributed by atoms with Gasteiger partial charge in [0.25, 0.3) is 0 Å². The molecule has 2 rings (SSSR count). The maximum absolute atomic E-state index is 12.7. The summed E-state index contributed by atoms with van der Waals surface area (Å²) in [6, 6.07) is 6.14. The van der Waals surface area contributed by atoms with Gasteiger partial charge >= 0.3 is 0 Å². The Morgan fingerprint density at radius 1 is 1.43 bits per heavy atom. The number of amides is 1. The Hall–Kier alpha value is -0.960. The maximum Gasteiger partial charge on any atom is 0.243 e. The highest BCUT2D eigenvalue weighted by Gasteiger charge is 2.33. The van der Waals surface area contributed by atoms with Crippen LogP contribution >= 0.6 is 15.9 Å². The van der Waals surface area contributed by atoms with Crippen LogP contribution in [0.3, 0.4) is 0 Å². The van der Waals surface area contributed by atoms with E-state index in [1.807, 2.05) is 0 Å². The van der Waals surface area contributed by atoms with E-state index in [9.17, 15) is 13.2 Å². The summed E-state index contributed by atoms with van der Waals surface area (Å²) >= 11 is 3.28. The summed E-state index contributed by atoms with van der Waals surface area (Å²) in [5.41, 5.74) is 0. The van der Waals surface area contributed by atoms with Gasteiger partial charge < -0.3 is 10.4 Å². The van der Waals surface area contributed by atoms with Crippen molar-refractivity contribution in [1.82, 2.24) is 9.62 Å². The van der Waals surface area contributed by atoms with Crippen molar-refractivity contribution < 1.29 is 18.3 Å². The Labute approximate surface area is 145 Å². The zero-order valence-corrected chi connectivity index (χ0v) is 15.3. The third-order valence-corrected chi connectivity index (χ3v) is 6.28. The second-order valence-electron chi connectivity index (χ2n) is 5.75. The number of halogens is 1. The van der Waals surface area contributed by atoms with Crippen LogP contribution in [-0.4, -0.2) is 49.5 Å². The van der Waals surface area contributed by atoms with Crippen molar-refractivity contribution in [3.8, 4) is 0 Å². The van der Waals surface area contributed by atoms with E-state index in [-0.39, 0.29) is 35.9 Å². The van der Waals surface area contributed by atoms with Crippen molar-refractivity contribution in [2.24, 2.45) is 5.92 Å². The molecule has 128 valence electrons. The van der Waals surface area contributed by atoms with Crippen LogP contribution in [0.2, 0.25) is 0 Å². The molecule has 1 heterocycles. The minimum absolute atomic E-state index is 0.140. The van der Waals surface area contributed by atoms with Crippen LogP contribution in [-0.2, 0) is 14.8 Å². The SMILES string of the molecule is CC(CO)NC(=O)C1CCCN(S(=O)(=O)c2ccc(Br)cc2)C1. The molecular formula is C15H21BrN2O4S. The summed E-state index contributed by atoms with van der Waals surface area (Å²) in [5.74, 6) is -0.592.